The second-order valence-corrected chi connectivity index (χ2v) is 6.32. The molecule has 9 heteroatoms. The third-order valence-electron chi connectivity index (χ3n) is 3.66. The number of nitro benzene ring substituents is 1. The molecule has 1 amide bonds. The number of rotatable bonds is 7. The normalized spacial score (nSPS) is 11.5. The van der Waals surface area contributed by atoms with E-state index in [1.54, 1.807) is 31.2 Å². The lowest BCUT2D eigenvalue weighted by Crippen LogP contribution is -2.31. The van der Waals surface area contributed by atoms with Crippen molar-refractivity contribution in [2.45, 2.75) is 19.4 Å². The summed E-state index contributed by atoms with van der Waals surface area (Å²) in [5.41, 5.74) is -0.114. The van der Waals surface area contributed by atoms with Gasteiger partial charge in [0.2, 0.25) is 0 Å². The number of hydrogen-bond acceptors (Lipinski definition) is 5. The van der Waals surface area contributed by atoms with Gasteiger partial charge in [-0.15, -0.1) is 0 Å². The zero-order chi connectivity index (χ0) is 20.0. The topological polar surface area (TPSA) is 98.5 Å². The van der Waals surface area contributed by atoms with Crippen LogP contribution in [0.15, 0.2) is 42.5 Å². The number of amides is 1. The molecule has 2 aromatic rings. The van der Waals surface area contributed by atoms with E-state index in [9.17, 15) is 19.7 Å². The van der Waals surface area contributed by atoms with Crippen LogP contribution in [0.2, 0.25) is 10.0 Å². The van der Waals surface area contributed by atoms with E-state index in [0.717, 1.165) is 6.07 Å². The molecule has 0 aliphatic heterocycles. The molecule has 0 heterocycles. The third kappa shape index (κ3) is 5.42. The Balaban J connectivity index is 2.35. The van der Waals surface area contributed by atoms with Crippen molar-refractivity contribution >= 4 is 40.8 Å². The van der Waals surface area contributed by atoms with Gasteiger partial charge >= 0.3 is 5.97 Å². The van der Waals surface area contributed by atoms with Crippen molar-refractivity contribution in [3.8, 4) is 0 Å². The minimum Gasteiger partial charge on any atom is -0.466 e. The first kappa shape index (κ1) is 20.7. The lowest BCUT2D eigenvalue weighted by molar-refractivity contribution is -0.385. The zero-order valence-electron chi connectivity index (χ0n) is 14.3. The second-order valence-electron chi connectivity index (χ2n) is 5.48. The summed E-state index contributed by atoms with van der Waals surface area (Å²) in [5.74, 6) is -1.26. The van der Waals surface area contributed by atoms with Crippen molar-refractivity contribution in [2.75, 3.05) is 6.61 Å². The van der Waals surface area contributed by atoms with Crippen LogP contribution in [0.4, 0.5) is 5.69 Å². The number of nitrogens with one attached hydrogen (secondary N) is 1. The van der Waals surface area contributed by atoms with Gasteiger partial charge in [-0.05, 0) is 30.7 Å². The van der Waals surface area contributed by atoms with E-state index in [0.29, 0.717) is 10.6 Å². The molecule has 0 fully saturated rings. The highest BCUT2D eigenvalue weighted by Gasteiger charge is 2.26. The molecule has 2 aromatic carbocycles. The second kappa shape index (κ2) is 9.34. The summed E-state index contributed by atoms with van der Waals surface area (Å²) in [4.78, 5) is 35.1. The molecule has 0 saturated carbocycles. The van der Waals surface area contributed by atoms with E-state index in [4.69, 9.17) is 27.9 Å². The highest BCUT2D eigenvalue weighted by atomic mass is 35.5. The van der Waals surface area contributed by atoms with Crippen LogP contribution in [0.25, 0.3) is 0 Å². The summed E-state index contributed by atoms with van der Waals surface area (Å²) in [5, 5.41) is 14.3. The molecular formula is C18H16Cl2N2O5. The van der Waals surface area contributed by atoms with Crippen molar-refractivity contribution in [1.29, 1.82) is 0 Å². The van der Waals surface area contributed by atoms with Gasteiger partial charge in [-0.2, -0.15) is 0 Å². The molecule has 142 valence electrons. The van der Waals surface area contributed by atoms with Crippen LogP contribution in [0.5, 0.6) is 0 Å². The number of ether oxygens (including phenoxy) is 1. The maximum atomic E-state index is 12.7. The quantitative estimate of drug-likeness (QED) is 0.416. The fraction of sp³-hybridized carbons (Fsp3) is 0.222. The van der Waals surface area contributed by atoms with E-state index >= 15 is 0 Å². The Kier molecular flexibility index (Phi) is 7.15. The van der Waals surface area contributed by atoms with E-state index in [-0.39, 0.29) is 23.6 Å². The van der Waals surface area contributed by atoms with Gasteiger partial charge in [-0.25, -0.2) is 0 Å². The van der Waals surface area contributed by atoms with Crippen molar-refractivity contribution in [1.82, 2.24) is 5.32 Å². The maximum absolute atomic E-state index is 12.7. The molecule has 0 aliphatic carbocycles. The van der Waals surface area contributed by atoms with Gasteiger partial charge in [-0.3, -0.25) is 19.7 Å². The van der Waals surface area contributed by atoms with Crippen LogP contribution in [0.3, 0.4) is 0 Å². The number of halogens is 2. The van der Waals surface area contributed by atoms with E-state index in [1.165, 1.54) is 12.1 Å². The largest absolute Gasteiger partial charge is 0.466 e. The van der Waals surface area contributed by atoms with E-state index in [1.807, 2.05) is 0 Å². The number of hydrogen-bond donors (Lipinski definition) is 1. The van der Waals surface area contributed by atoms with Gasteiger partial charge in [-0.1, -0.05) is 41.4 Å². The molecule has 0 saturated heterocycles. The highest BCUT2D eigenvalue weighted by Crippen LogP contribution is 2.28. The van der Waals surface area contributed by atoms with Crippen molar-refractivity contribution in [2.24, 2.45) is 0 Å². The minimum absolute atomic E-state index is 0.132. The fourth-order valence-corrected chi connectivity index (χ4v) is 2.90. The molecule has 7 nitrogen and oxygen atoms in total. The Morgan fingerprint density at radius 2 is 1.93 bits per heavy atom. The first-order valence-corrected chi connectivity index (χ1v) is 8.74. The smallest absolute Gasteiger partial charge is 0.308 e. The number of benzene rings is 2. The predicted octanol–water partition coefficient (Wildman–Crippen LogP) is 4.33. The van der Waals surface area contributed by atoms with Crippen molar-refractivity contribution in [3.63, 3.8) is 0 Å². The molecule has 2 rings (SSSR count). The van der Waals surface area contributed by atoms with Gasteiger partial charge in [0.05, 0.1) is 24.0 Å². The van der Waals surface area contributed by atoms with Gasteiger partial charge in [0.1, 0.15) is 5.56 Å². The van der Waals surface area contributed by atoms with Gasteiger partial charge in [0.15, 0.2) is 0 Å². The molecule has 0 aromatic heterocycles. The van der Waals surface area contributed by atoms with E-state index in [2.05, 4.69) is 5.32 Å². The zero-order valence-corrected chi connectivity index (χ0v) is 15.8. The number of carbonyl (C=O) groups excluding carboxylic acids is 2. The summed E-state index contributed by atoms with van der Waals surface area (Å²) < 4.78 is 4.94. The average molecular weight is 411 g/mol. The van der Waals surface area contributed by atoms with Gasteiger partial charge < -0.3 is 10.1 Å². The van der Waals surface area contributed by atoms with Crippen LogP contribution < -0.4 is 5.32 Å². The summed E-state index contributed by atoms with van der Waals surface area (Å²) >= 11 is 12.0. The first-order valence-electron chi connectivity index (χ1n) is 7.98. The molecule has 1 atom stereocenters. The molecule has 0 aliphatic rings. The summed E-state index contributed by atoms with van der Waals surface area (Å²) in [7, 11) is 0. The summed E-state index contributed by atoms with van der Waals surface area (Å²) in [6.07, 6.45) is -0.176. The van der Waals surface area contributed by atoms with Gasteiger partial charge in [0.25, 0.3) is 11.6 Å². The minimum atomic E-state index is -0.819. The Morgan fingerprint density at radius 1 is 1.22 bits per heavy atom. The Morgan fingerprint density at radius 3 is 2.56 bits per heavy atom. The monoisotopic (exact) mass is 410 g/mol. The Hall–Kier alpha value is -2.64. The average Bonchev–Trinajstić information content (AvgIpc) is 2.61. The lowest BCUT2D eigenvalue weighted by atomic mass is 10.0. The highest BCUT2D eigenvalue weighted by molar-refractivity contribution is 6.31. The Bertz CT molecular complexity index is 873. The van der Waals surface area contributed by atoms with Crippen LogP contribution in [-0.4, -0.2) is 23.4 Å². The van der Waals surface area contributed by atoms with Crippen LogP contribution >= 0.6 is 23.2 Å². The summed E-state index contributed by atoms with van der Waals surface area (Å²) in [6, 6.07) is 9.58. The first-order chi connectivity index (χ1) is 12.8. The van der Waals surface area contributed by atoms with Crippen molar-refractivity contribution < 1.29 is 19.2 Å². The molecule has 0 spiro atoms. The molecule has 27 heavy (non-hydrogen) atoms. The van der Waals surface area contributed by atoms with E-state index < -0.39 is 28.5 Å². The Labute approximate surface area is 165 Å². The molecule has 1 unspecified atom stereocenters. The third-order valence-corrected chi connectivity index (χ3v) is 4.24. The standard InChI is InChI=1S/C18H16Cl2N2O5/c1-2-27-17(23)10-15(12-5-3-4-6-14(12)20)21-18(24)13-8-7-11(19)9-16(13)22(25)26/h3-9,15H,2,10H2,1H3,(H,21,24). The van der Waals surface area contributed by atoms with Gasteiger partial charge in [0, 0.05) is 16.1 Å². The van der Waals surface area contributed by atoms with Crippen molar-refractivity contribution in [3.05, 3.63) is 73.8 Å². The molecule has 0 bridgehead atoms. The number of nitro groups is 1. The fourth-order valence-electron chi connectivity index (χ4n) is 2.47. The number of esters is 1. The maximum Gasteiger partial charge on any atom is 0.308 e. The number of nitrogens with zero attached hydrogens (tertiary/aromatic N) is 1. The number of carbonyl (C=O) groups is 2. The molecule has 1 N–H and O–H groups in total. The predicted molar refractivity (Wildman–Crippen MR) is 101 cm³/mol. The molecular weight excluding hydrogens is 395 g/mol. The van der Waals surface area contributed by atoms with Crippen LogP contribution in [0, 0.1) is 10.1 Å². The van der Waals surface area contributed by atoms with Crippen LogP contribution in [0.1, 0.15) is 35.3 Å². The van der Waals surface area contributed by atoms with Crippen LogP contribution in [-0.2, 0) is 9.53 Å². The molecule has 0 radical (unpaired) electrons. The summed E-state index contributed by atoms with van der Waals surface area (Å²) in [6.45, 7) is 1.85. The SMILES string of the molecule is CCOC(=O)CC(NC(=O)c1ccc(Cl)cc1[N+](=O)[O-])c1ccccc1Cl. The lowest BCUT2D eigenvalue weighted by Gasteiger charge is -2.19.